The highest BCUT2D eigenvalue weighted by Crippen LogP contribution is 2.43. The minimum absolute atomic E-state index is 0.0530. The van der Waals surface area contributed by atoms with Gasteiger partial charge < -0.3 is 15.0 Å². The van der Waals surface area contributed by atoms with Gasteiger partial charge in [0.2, 0.25) is 0 Å². The largest absolute Gasteiger partial charge is 0.378 e. The number of hydrogen-bond acceptors (Lipinski definition) is 6. The van der Waals surface area contributed by atoms with E-state index in [4.69, 9.17) is 4.74 Å². The van der Waals surface area contributed by atoms with Crippen LogP contribution in [-0.4, -0.2) is 42.1 Å². The van der Waals surface area contributed by atoms with E-state index in [1.807, 2.05) is 24.3 Å². The summed E-state index contributed by atoms with van der Waals surface area (Å²) in [5, 5.41) is 3.13. The zero-order valence-electron chi connectivity index (χ0n) is 15.9. The Labute approximate surface area is 166 Å². The summed E-state index contributed by atoms with van der Waals surface area (Å²) in [5.74, 6) is -0.0555. The molecule has 3 aliphatic rings. The molecule has 0 saturated carbocycles. The van der Waals surface area contributed by atoms with Crippen LogP contribution >= 0.6 is 0 Å². The van der Waals surface area contributed by atoms with Gasteiger partial charge in [0.1, 0.15) is 5.82 Å². The van der Waals surface area contributed by atoms with Gasteiger partial charge in [-0.1, -0.05) is 12.1 Å². The number of nitrogens with zero attached hydrogens (tertiary/aromatic N) is 1. The summed E-state index contributed by atoms with van der Waals surface area (Å²) < 4.78 is 5.41. The zero-order chi connectivity index (χ0) is 20.0. The fourth-order valence-corrected chi connectivity index (χ4v) is 4.53. The maximum Gasteiger partial charge on any atom is 0.327 e. The molecule has 0 bridgehead atoms. The predicted octanol–water partition coefficient (Wildman–Crippen LogP) is 1.46. The molecule has 1 saturated heterocycles. The Hall–Kier alpha value is -3.13. The van der Waals surface area contributed by atoms with Crippen LogP contribution in [0.15, 0.2) is 45.1 Å². The van der Waals surface area contributed by atoms with Gasteiger partial charge in [-0.3, -0.25) is 19.6 Å². The number of allylic oxidation sites excluding steroid dienone is 2. The van der Waals surface area contributed by atoms with E-state index in [0.717, 1.165) is 42.9 Å². The second-order valence-corrected chi connectivity index (χ2v) is 7.61. The van der Waals surface area contributed by atoms with Gasteiger partial charge in [-0.05, 0) is 30.5 Å². The number of ketones is 1. The van der Waals surface area contributed by atoms with E-state index in [1.165, 1.54) is 0 Å². The fourth-order valence-electron chi connectivity index (χ4n) is 4.53. The predicted molar refractivity (Wildman–Crippen MR) is 109 cm³/mol. The third-order valence-electron chi connectivity index (χ3n) is 5.89. The van der Waals surface area contributed by atoms with E-state index in [1.54, 1.807) is 0 Å². The number of anilines is 2. The molecule has 1 aromatic carbocycles. The smallest absolute Gasteiger partial charge is 0.327 e. The Balaban J connectivity index is 1.62. The third kappa shape index (κ3) is 3.09. The molecule has 8 nitrogen and oxygen atoms in total. The standard InChI is InChI=1S/C21H22N4O4/c26-15-3-1-2-14-17(15)16(18-19(22-14)23-21(28)24-20(18)27)12-4-6-13(7-5-12)25-8-10-29-11-9-25/h4-7,16H,1-3,8-11H2,(H3,22,23,24,27,28). The second-order valence-electron chi connectivity index (χ2n) is 7.61. The maximum atomic E-state index is 12.8. The van der Waals surface area contributed by atoms with Crippen molar-refractivity contribution in [3.8, 4) is 0 Å². The van der Waals surface area contributed by atoms with E-state index < -0.39 is 17.2 Å². The van der Waals surface area contributed by atoms with Crippen molar-refractivity contribution in [1.29, 1.82) is 0 Å². The molecule has 0 radical (unpaired) electrons. The molecule has 2 aromatic rings. The molecule has 29 heavy (non-hydrogen) atoms. The fraction of sp³-hybridized carbons (Fsp3) is 0.381. The number of morpholine rings is 1. The van der Waals surface area contributed by atoms with Crippen molar-refractivity contribution in [2.75, 3.05) is 36.5 Å². The molecule has 1 aromatic heterocycles. The molecule has 1 fully saturated rings. The first-order valence-corrected chi connectivity index (χ1v) is 9.94. The van der Waals surface area contributed by atoms with Crippen molar-refractivity contribution in [1.82, 2.24) is 9.97 Å². The van der Waals surface area contributed by atoms with Gasteiger partial charge in [-0.15, -0.1) is 0 Å². The molecule has 1 aliphatic carbocycles. The second kappa shape index (κ2) is 7.04. The lowest BCUT2D eigenvalue weighted by atomic mass is 9.76. The summed E-state index contributed by atoms with van der Waals surface area (Å²) in [6.07, 6.45) is 1.95. The number of carbonyl (C=O) groups excluding carboxylic acids is 1. The first-order valence-electron chi connectivity index (χ1n) is 9.94. The number of benzene rings is 1. The van der Waals surface area contributed by atoms with Crippen LogP contribution in [0.2, 0.25) is 0 Å². The molecule has 150 valence electrons. The molecule has 0 spiro atoms. The molecule has 1 atom stereocenters. The molecular formula is C21H22N4O4. The highest BCUT2D eigenvalue weighted by Gasteiger charge is 2.37. The van der Waals surface area contributed by atoms with E-state index >= 15 is 0 Å². The Bertz CT molecular complexity index is 1110. The summed E-state index contributed by atoms with van der Waals surface area (Å²) in [6.45, 7) is 3.09. The Morgan fingerprint density at radius 1 is 0.966 bits per heavy atom. The minimum Gasteiger partial charge on any atom is -0.378 e. The summed E-state index contributed by atoms with van der Waals surface area (Å²) in [4.78, 5) is 44.6. The van der Waals surface area contributed by atoms with Crippen molar-refractivity contribution in [2.24, 2.45) is 0 Å². The van der Waals surface area contributed by atoms with E-state index in [2.05, 4.69) is 20.2 Å². The third-order valence-corrected chi connectivity index (χ3v) is 5.89. The van der Waals surface area contributed by atoms with Gasteiger partial charge in [0, 0.05) is 42.4 Å². The van der Waals surface area contributed by atoms with Crippen molar-refractivity contribution in [3.05, 3.63) is 67.5 Å². The number of rotatable bonds is 2. The summed E-state index contributed by atoms with van der Waals surface area (Å²) >= 11 is 0. The Morgan fingerprint density at radius 2 is 1.72 bits per heavy atom. The summed E-state index contributed by atoms with van der Waals surface area (Å²) in [7, 11) is 0. The van der Waals surface area contributed by atoms with Crippen molar-refractivity contribution in [3.63, 3.8) is 0 Å². The highest BCUT2D eigenvalue weighted by atomic mass is 16.5. The highest BCUT2D eigenvalue weighted by molar-refractivity contribution is 6.00. The lowest BCUT2D eigenvalue weighted by molar-refractivity contribution is -0.116. The number of carbonyl (C=O) groups is 1. The van der Waals surface area contributed by atoms with Gasteiger partial charge in [0.15, 0.2) is 5.78 Å². The first-order chi connectivity index (χ1) is 14.1. The Kier molecular flexibility index (Phi) is 4.35. The zero-order valence-corrected chi connectivity index (χ0v) is 15.9. The van der Waals surface area contributed by atoms with Crippen molar-refractivity contribution in [2.45, 2.75) is 25.2 Å². The number of H-pyrrole nitrogens is 2. The van der Waals surface area contributed by atoms with Crippen LogP contribution in [0.25, 0.3) is 0 Å². The number of aromatic nitrogens is 2. The van der Waals surface area contributed by atoms with E-state index in [0.29, 0.717) is 36.6 Å². The van der Waals surface area contributed by atoms with Crippen LogP contribution in [0.1, 0.15) is 36.3 Å². The van der Waals surface area contributed by atoms with Crippen LogP contribution < -0.4 is 21.5 Å². The SMILES string of the molecule is O=C1CCCC2=C1C(c1ccc(N3CCOCC3)cc1)c1c([nH]c(=O)[nH]c1=O)N2. The number of aromatic amines is 2. The van der Waals surface area contributed by atoms with Crippen molar-refractivity contribution >= 4 is 17.3 Å². The number of hydrogen-bond donors (Lipinski definition) is 3. The molecule has 3 N–H and O–H groups in total. The quantitative estimate of drug-likeness (QED) is 0.712. The lowest BCUT2D eigenvalue weighted by Gasteiger charge is -2.33. The van der Waals surface area contributed by atoms with Crippen LogP contribution in [0.3, 0.4) is 0 Å². The monoisotopic (exact) mass is 394 g/mol. The molecular weight excluding hydrogens is 372 g/mol. The number of Topliss-reactive ketones (excluding diaryl/α,β-unsaturated/α-hetero) is 1. The van der Waals surface area contributed by atoms with E-state index in [-0.39, 0.29) is 5.78 Å². The van der Waals surface area contributed by atoms with Crippen LogP contribution in [-0.2, 0) is 9.53 Å². The van der Waals surface area contributed by atoms with Crippen LogP contribution in [0.4, 0.5) is 11.5 Å². The maximum absolute atomic E-state index is 12.8. The summed E-state index contributed by atoms with van der Waals surface area (Å²) in [5.41, 5.74) is 2.75. The van der Waals surface area contributed by atoms with Crippen LogP contribution in [0.5, 0.6) is 0 Å². The van der Waals surface area contributed by atoms with Gasteiger partial charge in [0.25, 0.3) is 5.56 Å². The normalized spacial score (nSPS) is 21.4. The van der Waals surface area contributed by atoms with Gasteiger partial charge >= 0.3 is 5.69 Å². The molecule has 5 rings (SSSR count). The lowest BCUT2D eigenvalue weighted by Crippen LogP contribution is -2.36. The van der Waals surface area contributed by atoms with Gasteiger partial charge in [-0.25, -0.2) is 4.79 Å². The topological polar surface area (TPSA) is 107 Å². The Morgan fingerprint density at radius 3 is 2.48 bits per heavy atom. The average Bonchev–Trinajstić information content (AvgIpc) is 2.73. The van der Waals surface area contributed by atoms with Gasteiger partial charge in [-0.2, -0.15) is 0 Å². The first kappa shape index (κ1) is 17.9. The van der Waals surface area contributed by atoms with Crippen LogP contribution in [0, 0.1) is 0 Å². The average molecular weight is 394 g/mol. The number of ether oxygens (including phenoxy) is 1. The number of nitrogens with one attached hydrogen (secondary N) is 3. The molecule has 2 aliphatic heterocycles. The summed E-state index contributed by atoms with van der Waals surface area (Å²) in [6, 6.07) is 7.99. The molecule has 1 unspecified atom stereocenters. The molecule has 0 amide bonds. The molecule has 8 heteroatoms. The van der Waals surface area contributed by atoms with E-state index in [9.17, 15) is 14.4 Å². The number of fused-ring (bicyclic) bond motifs is 1. The minimum atomic E-state index is -0.561. The van der Waals surface area contributed by atoms with Crippen molar-refractivity contribution < 1.29 is 9.53 Å². The molecule has 3 heterocycles. The van der Waals surface area contributed by atoms with Gasteiger partial charge in [0.05, 0.1) is 18.8 Å².